The van der Waals surface area contributed by atoms with Crippen LogP contribution in [0.2, 0.25) is 0 Å². The Kier molecular flexibility index (Phi) is 4.56. The summed E-state index contributed by atoms with van der Waals surface area (Å²) in [6.07, 6.45) is 0. The third-order valence-corrected chi connectivity index (χ3v) is 1.88. The summed E-state index contributed by atoms with van der Waals surface area (Å²) >= 11 is 0. The van der Waals surface area contributed by atoms with Crippen molar-refractivity contribution >= 4 is 11.9 Å². The van der Waals surface area contributed by atoms with E-state index in [-0.39, 0.29) is 24.5 Å². The molecule has 0 unspecified atom stereocenters. The molecule has 0 saturated heterocycles. The highest BCUT2D eigenvalue weighted by Gasteiger charge is 2.21. The molecule has 0 bridgehead atoms. The van der Waals surface area contributed by atoms with Crippen molar-refractivity contribution in [3.05, 3.63) is 23.0 Å². The van der Waals surface area contributed by atoms with E-state index in [1.54, 1.807) is 20.8 Å². The van der Waals surface area contributed by atoms with E-state index >= 15 is 0 Å². The van der Waals surface area contributed by atoms with Gasteiger partial charge in [-0.3, -0.25) is 0 Å². The quantitative estimate of drug-likeness (QED) is 0.732. The number of rotatable bonds is 4. The van der Waals surface area contributed by atoms with Crippen LogP contribution in [0.4, 0.5) is 0 Å². The number of hydrogen-bond acceptors (Lipinski definition) is 6. The first kappa shape index (κ1) is 13.1. The highest BCUT2D eigenvalue weighted by Crippen LogP contribution is 2.10. The molecular weight excluding hydrogens is 224 g/mol. The molecule has 0 aromatic carbocycles. The van der Waals surface area contributed by atoms with E-state index in [0.29, 0.717) is 5.69 Å². The molecule has 0 aliphatic rings. The standard InChI is InChI=1S/C11H14N2O4/c1-4-16-10(14)8-6-7(3)12-13-9(8)11(15)17-5-2/h6H,4-5H2,1-3H3. The molecule has 1 heterocycles. The minimum atomic E-state index is -0.678. The number of aryl methyl sites for hydroxylation is 1. The second-order valence-corrected chi connectivity index (χ2v) is 3.19. The van der Waals surface area contributed by atoms with Gasteiger partial charge in [-0.15, -0.1) is 5.10 Å². The molecule has 6 heteroatoms. The summed E-state index contributed by atoms with van der Waals surface area (Å²) in [6.45, 7) is 5.46. The van der Waals surface area contributed by atoms with Crippen LogP contribution in [0, 0.1) is 6.92 Å². The number of aromatic nitrogens is 2. The first-order valence-corrected chi connectivity index (χ1v) is 5.28. The van der Waals surface area contributed by atoms with E-state index in [9.17, 15) is 9.59 Å². The van der Waals surface area contributed by atoms with Crippen LogP contribution >= 0.6 is 0 Å². The molecule has 0 spiro atoms. The number of esters is 2. The Morgan fingerprint density at radius 1 is 1.12 bits per heavy atom. The number of carbonyl (C=O) groups is 2. The topological polar surface area (TPSA) is 78.4 Å². The average Bonchev–Trinajstić information content (AvgIpc) is 2.29. The Morgan fingerprint density at radius 2 is 1.71 bits per heavy atom. The third kappa shape index (κ3) is 3.24. The minimum Gasteiger partial charge on any atom is -0.462 e. The van der Waals surface area contributed by atoms with Gasteiger partial charge in [-0.25, -0.2) is 9.59 Å². The second kappa shape index (κ2) is 5.93. The second-order valence-electron chi connectivity index (χ2n) is 3.19. The van der Waals surface area contributed by atoms with Crippen molar-refractivity contribution in [1.29, 1.82) is 0 Å². The fraction of sp³-hybridized carbons (Fsp3) is 0.455. The predicted octanol–water partition coefficient (Wildman–Crippen LogP) is 1.14. The van der Waals surface area contributed by atoms with Crippen molar-refractivity contribution in [2.45, 2.75) is 20.8 Å². The minimum absolute atomic E-state index is 0.0813. The zero-order valence-corrected chi connectivity index (χ0v) is 10.0. The van der Waals surface area contributed by atoms with E-state index < -0.39 is 11.9 Å². The zero-order chi connectivity index (χ0) is 12.8. The van der Waals surface area contributed by atoms with Gasteiger partial charge in [0.2, 0.25) is 0 Å². The highest BCUT2D eigenvalue weighted by atomic mass is 16.5. The normalized spacial score (nSPS) is 9.82. The lowest BCUT2D eigenvalue weighted by molar-refractivity contribution is 0.0471. The summed E-state index contributed by atoms with van der Waals surface area (Å²) in [6, 6.07) is 1.46. The van der Waals surface area contributed by atoms with Gasteiger partial charge in [0.1, 0.15) is 0 Å². The van der Waals surface area contributed by atoms with Gasteiger partial charge >= 0.3 is 11.9 Å². The van der Waals surface area contributed by atoms with Crippen LogP contribution in [0.15, 0.2) is 6.07 Å². The molecule has 6 nitrogen and oxygen atoms in total. The lowest BCUT2D eigenvalue weighted by atomic mass is 10.2. The first-order valence-electron chi connectivity index (χ1n) is 5.28. The molecule has 0 saturated carbocycles. The van der Waals surface area contributed by atoms with Crippen molar-refractivity contribution in [3.63, 3.8) is 0 Å². The van der Waals surface area contributed by atoms with Gasteiger partial charge < -0.3 is 9.47 Å². The fourth-order valence-corrected chi connectivity index (χ4v) is 1.20. The zero-order valence-electron chi connectivity index (χ0n) is 10.0. The summed E-state index contributed by atoms with van der Waals surface area (Å²) in [5.41, 5.74) is 0.495. The molecule has 1 aromatic rings. The van der Waals surface area contributed by atoms with Crippen molar-refractivity contribution in [2.24, 2.45) is 0 Å². The highest BCUT2D eigenvalue weighted by molar-refractivity contribution is 6.01. The molecule has 0 radical (unpaired) electrons. The molecule has 17 heavy (non-hydrogen) atoms. The maximum atomic E-state index is 11.6. The van der Waals surface area contributed by atoms with Crippen LogP contribution in [0.25, 0.3) is 0 Å². The van der Waals surface area contributed by atoms with E-state index in [1.807, 2.05) is 0 Å². The molecule has 0 fully saturated rings. The van der Waals surface area contributed by atoms with Crippen molar-refractivity contribution < 1.29 is 19.1 Å². The SMILES string of the molecule is CCOC(=O)c1cc(C)nnc1C(=O)OCC. The molecule has 0 N–H and O–H groups in total. The van der Waals surface area contributed by atoms with Gasteiger partial charge in [0.15, 0.2) is 5.69 Å². The summed E-state index contributed by atoms with van der Waals surface area (Å²) in [5.74, 6) is -1.28. The molecular formula is C11H14N2O4. The smallest absolute Gasteiger partial charge is 0.359 e. The lowest BCUT2D eigenvalue weighted by Crippen LogP contribution is -2.17. The molecule has 92 valence electrons. The summed E-state index contributed by atoms with van der Waals surface area (Å²) in [5, 5.41) is 7.40. The largest absolute Gasteiger partial charge is 0.462 e. The summed E-state index contributed by atoms with van der Waals surface area (Å²) in [7, 11) is 0. The van der Waals surface area contributed by atoms with E-state index in [4.69, 9.17) is 9.47 Å². The van der Waals surface area contributed by atoms with Crippen LogP contribution in [0.1, 0.15) is 40.4 Å². The van der Waals surface area contributed by atoms with Gasteiger partial charge in [-0.05, 0) is 26.8 Å². The molecule has 0 aliphatic carbocycles. The Balaban J connectivity index is 3.11. The van der Waals surface area contributed by atoms with E-state index in [1.165, 1.54) is 6.07 Å². The van der Waals surface area contributed by atoms with Crippen LogP contribution < -0.4 is 0 Å². The van der Waals surface area contributed by atoms with Gasteiger partial charge in [0.25, 0.3) is 0 Å². The van der Waals surface area contributed by atoms with E-state index in [2.05, 4.69) is 10.2 Å². The number of ether oxygens (including phenoxy) is 2. The summed E-state index contributed by atoms with van der Waals surface area (Å²) in [4.78, 5) is 23.2. The lowest BCUT2D eigenvalue weighted by Gasteiger charge is -2.07. The molecule has 0 amide bonds. The maximum Gasteiger partial charge on any atom is 0.359 e. The molecule has 0 aliphatic heterocycles. The molecule has 1 aromatic heterocycles. The fourth-order valence-electron chi connectivity index (χ4n) is 1.20. The van der Waals surface area contributed by atoms with Gasteiger partial charge in [0, 0.05) is 0 Å². The Morgan fingerprint density at radius 3 is 2.29 bits per heavy atom. The Bertz CT molecular complexity index is 431. The molecule has 1 rings (SSSR count). The van der Waals surface area contributed by atoms with E-state index in [0.717, 1.165) is 0 Å². The molecule has 0 atom stereocenters. The Hall–Kier alpha value is -1.98. The number of hydrogen-bond donors (Lipinski definition) is 0. The summed E-state index contributed by atoms with van der Waals surface area (Å²) < 4.78 is 9.62. The average molecular weight is 238 g/mol. The predicted molar refractivity (Wildman–Crippen MR) is 58.7 cm³/mol. The van der Waals surface area contributed by atoms with Crippen molar-refractivity contribution in [1.82, 2.24) is 10.2 Å². The number of nitrogens with zero attached hydrogens (tertiary/aromatic N) is 2. The van der Waals surface area contributed by atoms with Crippen molar-refractivity contribution in [2.75, 3.05) is 13.2 Å². The van der Waals surface area contributed by atoms with Gasteiger partial charge in [-0.1, -0.05) is 0 Å². The van der Waals surface area contributed by atoms with Crippen LogP contribution in [0.5, 0.6) is 0 Å². The third-order valence-electron chi connectivity index (χ3n) is 1.88. The van der Waals surface area contributed by atoms with Crippen LogP contribution in [-0.2, 0) is 9.47 Å². The maximum absolute atomic E-state index is 11.6. The van der Waals surface area contributed by atoms with Gasteiger partial charge in [-0.2, -0.15) is 5.10 Å². The Labute approximate surface area is 98.9 Å². The van der Waals surface area contributed by atoms with Gasteiger partial charge in [0.05, 0.1) is 24.5 Å². The first-order chi connectivity index (χ1) is 8.10. The van der Waals surface area contributed by atoms with Crippen LogP contribution in [-0.4, -0.2) is 35.3 Å². The number of carbonyl (C=O) groups excluding carboxylic acids is 2. The monoisotopic (exact) mass is 238 g/mol. The van der Waals surface area contributed by atoms with Crippen molar-refractivity contribution in [3.8, 4) is 0 Å². The van der Waals surface area contributed by atoms with Crippen LogP contribution in [0.3, 0.4) is 0 Å².